The fourth-order valence-electron chi connectivity index (χ4n) is 3.00. The Kier molecular flexibility index (Phi) is 7.32. The van der Waals surface area contributed by atoms with Gasteiger partial charge in [0, 0.05) is 24.5 Å². The first-order valence-corrected chi connectivity index (χ1v) is 10.4. The molecule has 0 atom stereocenters. The van der Waals surface area contributed by atoms with Crippen molar-refractivity contribution in [2.45, 2.75) is 13.8 Å². The molecule has 0 aliphatic carbocycles. The summed E-state index contributed by atoms with van der Waals surface area (Å²) < 4.78 is 5.09. The number of benzene rings is 2. The van der Waals surface area contributed by atoms with Crippen LogP contribution in [-0.2, 0) is 0 Å². The molecule has 0 saturated heterocycles. The highest BCUT2D eigenvalue weighted by Crippen LogP contribution is 2.34. The first kappa shape index (κ1) is 21.7. The predicted molar refractivity (Wildman–Crippen MR) is 128 cm³/mol. The molecular weight excluding hydrogens is 420 g/mol. The van der Waals surface area contributed by atoms with Crippen molar-refractivity contribution in [1.29, 1.82) is 0 Å². The summed E-state index contributed by atoms with van der Waals surface area (Å²) in [6.45, 7) is 5.83. The molecule has 1 amide bonds. The van der Waals surface area contributed by atoms with Crippen LogP contribution < -0.4 is 20.9 Å². The topological polar surface area (TPSA) is 69.5 Å². The number of halogens is 1. The highest BCUT2D eigenvalue weighted by Gasteiger charge is 2.14. The van der Waals surface area contributed by atoms with Gasteiger partial charge in [-0.1, -0.05) is 17.7 Å². The molecular formula is C22H23ClN4O2S. The maximum absolute atomic E-state index is 12.0. The molecule has 0 spiro atoms. The zero-order valence-electron chi connectivity index (χ0n) is 16.7. The molecule has 3 aromatic rings. The standard InChI is InChI=1S/C22H23ClN4O2S/c1-3-27(4-2)20-17(23)7-5-8-18(20)26-22(30)25-16-12-10-15(11-13-16)24-21(28)19-9-6-14-29-19/h5-14H,3-4H2,1-2H3,(H,24,28)(H2,25,26,30). The van der Waals surface area contributed by atoms with Crippen LogP contribution in [0.1, 0.15) is 24.4 Å². The second kappa shape index (κ2) is 10.1. The quantitative estimate of drug-likeness (QED) is 0.399. The van der Waals surface area contributed by atoms with E-state index >= 15 is 0 Å². The van der Waals surface area contributed by atoms with Gasteiger partial charge in [-0.15, -0.1) is 0 Å². The third-order valence-corrected chi connectivity index (χ3v) is 4.97. The number of furan rings is 1. The number of anilines is 4. The lowest BCUT2D eigenvalue weighted by atomic mass is 10.2. The fourth-order valence-corrected chi connectivity index (χ4v) is 3.52. The van der Waals surface area contributed by atoms with Gasteiger partial charge in [0.25, 0.3) is 5.91 Å². The van der Waals surface area contributed by atoms with Gasteiger partial charge in [-0.3, -0.25) is 4.79 Å². The van der Waals surface area contributed by atoms with Crippen LogP contribution in [0.25, 0.3) is 0 Å². The second-order valence-corrected chi connectivity index (χ2v) is 7.21. The molecule has 2 aromatic carbocycles. The first-order chi connectivity index (χ1) is 14.5. The van der Waals surface area contributed by atoms with Crippen molar-refractivity contribution >= 4 is 57.6 Å². The maximum Gasteiger partial charge on any atom is 0.291 e. The van der Waals surface area contributed by atoms with Crippen LogP contribution in [0.5, 0.6) is 0 Å². The molecule has 156 valence electrons. The molecule has 0 aliphatic rings. The number of nitrogens with one attached hydrogen (secondary N) is 3. The summed E-state index contributed by atoms with van der Waals surface area (Å²) in [4.78, 5) is 14.2. The van der Waals surface area contributed by atoms with Gasteiger partial charge in [-0.25, -0.2) is 0 Å². The van der Waals surface area contributed by atoms with Crippen LogP contribution >= 0.6 is 23.8 Å². The van der Waals surface area contributed by atoms with Crippen LogP contribution in [-0.4, -0.2) is 24.1 Å². The summed E-state index contributed by atoms with van der Waals surface area (Å²) in [5.41, 5.74) is 3.20. The highest BCUT2D eigenvalue weighted by molar-refractivity contribution is 7.80. The number of carbonyl (C=O) groups excluding carboxylic acids is 1. The Labute approximate surface area is 186 Å². The highest BCUT2D eigenvalue weighted by atomic mass is 35.5. The Balaban J connectivity index is 1.64. The lowest BCUT2D eigenvalue weighted by molar-refractivity contribution is 0.0996. The van der Waals surface area contributed by atoms with E-state index in [0.29, 0.717) is 15.8 Å². The van der Waals surface area contributed by atoms with Crippen molar-refractivity contribution in [3.63, 3.8) is 0 Å². The third-order valence-electron chi connectivity index (χ3n) is 4.46. The Hall–Kier alpha value is -3.03. The van der Waals surface area contributed by atoms with E-state index < -0.39 is 0 Å². The minimum absolute atomic E-state index is 0.258. The molecule has 0 saturated carbocycles. The Bertz CT molecular complexity index is 1000. The van der Waals surface area contributed by atoms with Gasteiger partial charge in [-0.2, -0.15) is 0 Å². The predicted octanol–water partition coefficient (Wildman–Crippen LogP) is 5.84. The van der Waals surface area contributed by atoms with Gasteiger partial charge in [0.15, 0.2) is 10.9 Å². The van der Waals surface area contributed by atoms with Crippen molar-refractivity contribution in [2.24, 2.45) is 0 Å². The Morgan fingerprint density at radius 3 is 2.23 bits per heavy atom. The second-order valence-electron chi connectivity index (χ2n) is 6.40. The summed E-state index contributed by atoms with van der Waals surface area (Å²) in [6, 6.07) is 16.2. The molecule has 1 aromatic heterocycles. The minimum Gasteiger partial charge on any atom is -0.459 e. The molecule has 3 rings (SSSR count). The Morgan fingerprint density at radius 1 is 0.967 bits per heavy atom. The molecule has 0 bridgehead atoms. The number of nitrogens with zero attached hydrogens (tertiary/aromatic N) is 1. The summed E-state index contributed by atoms with van der Waals surface area (Å²) >= 11 is 11.9. The average Bonchev–Trinajstić information content (AvgIpc) is 3.27. The van der Waals surface area contributed by atoms with E-state index in [9.17, 15) is 4.79 Å². The van der Waals surface area contributed by atoms with Gasteiger partial charge in [0.05, 0.1) is 22.7 Å². The van der Waals surface area contributed by atoms with Gasteiger partial charge in [-0.05, 0) is 74.6 Å². The summed E-state index contributed by atoms with van der Waals surface area (Å²) in [6.07, 6.45) is 1.46. The van der Waals surface area contributed by atoms with E-state index in [0.717, 1.165) is 30.2 Å². The molecule has 0 unspecified atom stereocenters. The van der Waals surface area contributed by atoms with Crippen LogP contribution in [0.2, 0.25) is 5.02 Å². The smallest absolute Gasteiger partial charge is 0.291 e. The number of hydrogen-bond donors (Lipinski definition) is 3. The lowest BCUT2D eigenvalue weighted by Crippen LogP contribution is -2.26. The molecule has 1 heterocycles. The first-order valence-electron chi connectivity index (χ1n) is 9.58. The van der Waals surface area contributed by atoms with Crippen LogP contribution in [0.4, 0.5) is 22.7 Å². The molecule has 30 heavy (non-hydrogen) atoms. The van der Waals surface area contributed by atoms with E-state index in [1.807, 2.05) is 30.3 Å². The van der Waals surface area contributed by atoms with Gasteiger partial charge in [0.2, 0.25) is 0 Å². The monoisotopic (exact) mass is 442 g/mol. The van der Waals surface area contributed by atoms with Crippen molar-refractivity contribution in [1.82, 2.24) is 0 Å². The number of rotatable bonds is 7. The third kappa shape index (κ3) is 5.31. The number of para-hydroxylation sites is 1. The lowest BCUT2D eigenvalue weighted by Gasteiger charge is -2.26. The number of hydrogen-bond acceptors (Lipinski definition) is 4. The Morgan fingerprint density at radius 2 is 1.63 bits per heavy atom. The summed E-state index contributed by atoms with van der Waals surface area (Å²) in [5.74, 6) is -0.0455. The molecule has 0 aliphatic heterocycles. The molecule has 3 N–H and O–H groups in total. The van der Waals surface area contributed by atoms with E-state index in [4.69, 9.17) is 28.2 Å². The van der Waals surface area contributed by atoms with E-state index in [1.54, 1.807) is 24.3 Å². The minimum atomic E-state index is -0.303. The zero-order chi connectivity index (χ0) is 21.5. The van der Waals surface area contributed by atoms with Gasteiger partial charge < -0.3 is 25.3 Å². The van der Waals surface area contributed by atoms with Crippen molar-refractivity contribution in [2.75, 3.05) is 33.9 Å². The molecule has 0 fully saturated rings. The molecule has 0 radical (unpaired) electrons. The van der Waals surface area contributed by atoms with Gasteiger partial charge >= 0.3 is 0 Å². The molecule has 8 heteroatoms. The van der Waals surface area contributed by atoms with Crippen molar-refractivity contribution < 1.29 is 9.21 Å². The van der Waals surface area contributed by atoms with E-state index in [2.05, 4.69) is 34.7 Å². The number of carbonyl (C=O) groups is 1. The number of thiocarbonyl (C=S) groups is 1. The van der Waals surface area contributed by atoms with Crippen molar-refractivity contribution in [3.8, 4) is 0 Å². The summed E-state index contributed by atoms with van der Waals surface area (Å²) in [7, 11) is 0. The van der Waals surface area contributed by atoms with Gasteiger partial charge in [0.1, 0.15) is 0 Å². The van der Waals surface area contributed by atoms with E-state index in [1.165, 1.54) is 6.26 Å². The average molecular weight is 443 g/mol. The van der Waals surface area contributed by atoms with Crippen LogP contribution in [0, 0.1) is 0 Å². The summed E-state index contributed by atoms with van der Waals surface area (Å²) in [5, 5.41) is 10.3. The van der Waals surface area contributed by atoms with Crippen molar-refractivity contribution in [3.05, 3.63) is 71.6 Å². The van der Waals surface area contributed by atoms with Crippen LogP contribution in [0.3, 0.4) is 0 Å². The normalized spacial score (nSPS) is 10.4. The fraction of sp³-hybridized carbons (Fsp3) is 0.182. The molecule has 6 nitrogen and oxygen atoms in total. The van der Waals surface area contributed by atoms with Crippen LogP contribution in [0.15, 0.2) is 65.3 Å². The largest absolute Gasteiger partial charge is 0.459 e. The number of amides is 1. The SMILES string of the molecule is CCN(CC)c1c(Cl)cccc1NC(=S)Nc1ccc(NC(=O)c2ccco2)cc1. The van der Waals surface area contributed by atoms with E-state index in [-0.39, 0.29) is 11.7 Å². The zero-order valence-corrected chi connectivity index (χ0v) is 18.3. The maximum atomic E-state index is 12.0.